The molecule has 0 saturated carbocycles. The Morgan fingerprint density at radius 3 is 2.50 bits per heavy atom. The lowest BCUT2D eigenvalue weighted by Crippen LogP contribution is -2.36. The average Bonchev–Trinajstić information content (AvgIpc) is 3.09. The largest absolute Gasteiger partial charge is 0.342 e. The summed E-state index contributed by atoms with van der Waals surface area (Å²) in [4.78, 5) is 49.1. The van der Waals surface area contributed by atoms with Crippen molar-refractivity contribution in [3.63, 3.8) is 0 Å². The molecule has 1 aromatic rings. The molecule has 0 unspecified atom stereocenters. The van der Waals surface area contributed by atoms with Gasteiger partial charge >= 0.3 is 0 Å². The van der Waals surface area contributed by atoms with Crippen LogP contribution in [0.5, 0.6) is 0 Å². The standard InChI is InChI=1S/C17H17FN2O4/c18-12-3-1-11(2-4-12)13(21)5-6-15(23)20-8-7-17(10-20)9-14(22)19-16(17)24/h1-4H,5-10H2,(H,19,22,24)/t17-/m0/s1. The van der Waals surface area contributed by atoms with Crippen LogP contribution in [0.4, 0.5) is 4.39 Å². The summed E-state index contributed by atoms with van der Waals surface area (Å²) in [5.74, 6) is -1.49. The number of imide groups is 1. The summed E-state index contributed by atoms with van der Waals surface area (Å²) in [6.07, 6.45) is 0.632. The molecule has 2 fully saturated rings. The predicted octanol–water partition coefficient (Wildman–Crippen LogP) is 1.05. The van der Waals surface area contributed by atoms with E-state index in [9.17, 15) is 23.6 Å². The van der Waals surface area contributed by atoms with Crippen LogP contribution in [0.1, 0.15) is 36.0 Å². The van der Waals surface area contributed by atoms with Crippen molar-refractivity contribution in [1.82, 2.24) is 10.2 Å². The molecule has 2 aliphatic heterocycles. The molecule has 2 heterocycles. The van der Waals surface area contributed by atoms with Crippen LogP contribution in [0.2, 0.25) is 0 Å². The van der Waals surface area contributed by atoms with Gasteiger partial charge in [0.25, 0.3) is 0 Å². The Bertz CT molecular complexity index is 716. The van der Waals surface area contributed by atoms with Crippen LogP contribution in [0.15, 0.2) is 24.3 Å². The highest BCUT2D eigenvalue weighted by atomic mass is 19.1. The van der Waals surface area contributed by atoms with Crippen molar-refractivity contribution in [1.29, 1.82) is 0 Å². The smallest absolute Gasteiger partial charge is 0.235 e. The highest BCUT2D eigenvalue weighted by Crippen LogP contribution is 2.37. The van der Waals surface area contributed by atoms with E-state index in [0.717, 1.165) is 0 Å². The Kier molecular flexibility index (Phi) is 4.17. The molecule has 2 saturated heterocycles. The highest BCUT2D eigenvalue weighted by molar-refractivity contribution is 6.06. The van der Waals surface area contributed by atoms with Crippen LogP contribution in [0.25, 0.3) is 0 Å². The Morgan fingerprint density at radius 1 is 1.17 bits per heavy atom. The lowest BCUT2D eigenvalue weighted by molar-refractivity contribution is -0.131. The summed E-state index contributed by atoms with van der Waals surface area (Å²) in [5, 5.41) is 2.28. The molecule has 0 aliphatic carbocycles. The van der Waals surface area contributed by atoms with Crippen molar-refractivity contribution in [2.45, 2.75) is 25.7 Å². The topological polar surface area (TPSA) is 83.6 Å². The predicted molar refractivity (Wildman–Crippen MR) is 81.4 cm³/mol. The van der Waals surface area contributed by atoms with Crippen molar-refractivity contribution in [2.24, 2.45) is 5.41 Å². The molecule has 1 spiro atoms. The van der Waals surface area contributed by atoms with E-state index in [-0.39, 0.29) is 49.3 Å². The Hall–Kier alpha value is -2.57. The molecule has 3 amide bonds. The zero-order valence-electron chi connectivity index (χ0n) is 13.0. The van der Waals surface area contributed by atoms with Gasteiger partial charge in [0.2, 0.25) is 17.7 Å². The number of amides is 3. The van der Waals surface area contributed by atoms with Crippen molar-refractivity contribution in [2.75, 3.05) is 13.1 Å². The van der Waals surface area contributed by atoms with Crippen LogP contribution in [0, 0.1) is 11.2 Å². The number of carbonyl (C=O) groups excluding carboxylic acids is 4. The second kappa shape index (κ2) is 6.14. The molecule has 0 aromatic heterocycles. The van der Waals surface area contributed by atoms with Gasteiger partial charge in [0.15, 0.2) is 5.78 Å². The third-order valence-electron chi connectivity index (χ3n) is 4.67. The highest BCUT2D eigenvalue weighted by Gasteiger charge is 2.51. The fourth-order valence-corrected chi connectivity index (χ4v) is 3.26. The monoisotopic (exact) mass is 332 g/mol. The third-order valence-corrected chi connectivity index (χ3v) is 4.67. The molecule has 7 heteroatoms. The number of hydrogen-bond acceptors (Lipinski definition) is 4. The Labute approximate surface area is 138 Å². The maximum Gasteiger partial charge on any atom is 0.235 e. The molecule has 6 nitrogen and oxygen atoms in total. The minimum absolute atomic E-state index is 0.0269. The first-order valence-electron chi connectivity index (χ1n) is 7.80. The van der Waals surface area contributed by atoms with E-state index >= 15 is 0 Å². The SMILES string of the molecule is O=C1C[C@]2(CCN(C(=O)CCC(=O)c3ccc(F)cc3)C2)C(=O)N1. The maximum atomic E-state index is 12.8. The van der Waals surface area contributed by atoms with E-state index in [4.69, 9.17) is 0 Å². The van der Waals surface area contributed by atoms with E-state index in [1.165, 1.54) is 29.2 Å². The summed E-state index contributed by atoms with van der Waals surface area (Å²) in [7, 11) is 0. The second-order valence-corrected chi connectivity index (χ2v) is 6.33. The van der Waals surface area contributed by atoms with Gasteiger partial charge in [-0.2, -0.15) is 0 Å². The van der Waals surface area contributed by atoms with Crippen molar-refractivity contribution in [3.8, 4) is 0 Å². The van der Waals surface area contributed by atoms with E-state index in [0.29, 0.717) is 18.5 Å². The van der Waals surface area contributed by atoms with E-state index in [1.54, 1.807) is 0 Å². The van der Waals surface area contributed by atoms with Gasteiger partial charge in [-0.3, -0.25) is 24.5 Å². The number of halogens is 1. The number of rotatable bonds is 4. The molecular weight excluding hydrogens is 315 g/mol. The van der Waals surface area contributed by atoms with E-state index in [2.05, 4.69) is 5.32 Å². The molecule has 0 bridgehead atoms. The molecular formula is C17H17FN2O4. The summed E-state index contributed by atoms with van der Waals surface area (Å²) >= 11 is 0. The summed E-state index contributed by atoms with van der Waals surface area (Å²) in [6, 6.07) is 5.19. The molecule has 126 valence electrons. The fourth-order valence-electron chi connectivity index (χ4n) is 3.26. The van der Waals surface area contributed by atoms with Crippen LogP contribution >= 0.6 is 0 Å². The number of nitrogens with one attached hydrogen (secondary N) is 1. The van der Waals surface area contributed by atoms with Crippen LogP contribution in [-0.4, -0.2) is 41.5 Å². The van der Waals surface area contributed by atoms with Gasteiger partial charge in [-0.1, -0.05) is 0 Å². The normalized spacial score (nSPS) is 23.0. The molecule has 1 N–H and O–H groups in total. The number of likely N-dealkylation sites (tertiary alicyclic amines) is 1. The molecule has 3 rings (SSSR count). The van der Waals surface area contributed by atoms with Gasteiger partial charge in [-0.25, -0.2) is 4.39 Å². The van der Waals surface area contributed by atoms with Crippen molar-refractivity contribution < 1.29 is 23.6 Å². The summed E-state index contributed by atoms with van der Waals surface area (Å²) in [5.41, 5.74) is -0.434. The summed E-state index contributed by atoms with van der Waals surface area (Å²) < 4.78 is 12.8. The first kappa shape index (κ1) is 16.3. The number of Topliss-reactive ketones (excluding diaryl/α,β-unsaturated/α-hetero) is 1. The zero-order valence-corrected chi connectivity index (χ0v) is 13.0. The van der Waals surface area contributed by atoms with Gasteiger partial charge in [0.05, 0.1) is 5.41 Å². The molecule has 24 heavy (non-hydrogen) atoms. The first-order valence-corrected chi connectivity index (χ1v) is 7.80. The number of benzene rings is 1. The second-order valence-electron chi connectivity index (χ2n) is 6.33. The van der Waals surface area contributed by atoms with E-state index < -0.39 is 11.2 Å². The summed E-state index contributed by atoms with van der Waals surface area (Å²) in [6.45, 7) is 0.623. The molecule has 2 aliphatic rings. The Balaban J connectivity index is 1.55. The quantitative estimate of drug-likeness (QED) is 0.660. The first-order chi connectivity index (χ1) is 11.4. The van der Waals surface area contributed by atoms with Gasteiger partial charge in [0.1, 0.15) is 5.82 Å². The minimum atomic E-state index is -0.798. The molecule has 1 atom stereocenters. The molecule has 1 aromatic carbocycles. The number of ketones is 1. The third kappa shape index (κ3) is 3.06. The average molecular weight is 332 g/mol. The van der Waals surface area contributed by atoms with Gasteiger partial charge in [0, 0.05) is 37.9 Å². The number of hydrogen-bond donors (Lipinski definition) is 1. The molecule has 0 radical (unpaired) electrons. The van der Waals surface area contributed by atoms with Gasteiger partial charge in [-0.05, 0) is 30.7 Å². The van der Waals surface area contributed by atoms with Gasteiger partial charge in [-0.15, -0.1) is 0 Å². The van der Waals surface area contributed by atoms with Crippen LogP contribution < -0.4 is 5.32 Å². The Morgan fingerprint density at radius 2 is 1.88 bits per heavy atom. The van der Waals surface area contributed by atoms with Crippen LogP contribution in [-0.2, 0) is 14.4 Å². The van der Waals surface area contributed by atoms with E-state index in [1.807, 2.05) is 0 Å². The lowest BCUT2D eigenvalue weighted by Gasteiger charge is -2.20. The number of carbonyl (C=O) groups is 4. The minimum Gasteiger partial charge on any atom is -0.342 e. The van der Waals surface area contributed by atoms with Crippen molar-refractivity contribution in [3.05, 3.63) is 35.6 Å². The van der Waals surface area contributed by atoms with Gasteiger partial charge < -0.3 is 4.90 Å². The lowest BCUT2D eigenvalue weighted by atomic mass is 9.85. The van der Waals surface area contributed by atoms with Crippen LogP contribution in [0.3, 0.4) is 0 Å². The fraction of sp³-hybridized carbons (Fsp3) is 0.412. The zero-order chi connectivity index (χ0) is 17.3. The number of nitrogens with zero attached hydrogens (tertiary/aromatic N) is 1. The van der Waals surface area contributed by atoms with Crippen molar-refractivity contribution >= 4 is 23.5 Å². The maximum absolute atomic E-state index is 12.8.